The lowest BCUT2D eigenvalue weighted by Gasteiger charge is -2.17. The molecule has 2 amide bonds. The van der Waals surface area contributed by atoms with Gasteiger partial charge < -0.3 is 10.2 Å². The van der Waals surface area contributed by atoms with E-state index >= 15 is 0 Å². The van der Waals surface area contributed by atoms with Crippen LogP contribution in [-0.4, -0.2) is 32.5 Å². The number of fused-ring (bicyclic) bond motifs is 1. The predicted molar refractivity (Wildman–Crippen MR) is 73.0 cm³/mol. The third-order valence-electron chi connectivity index (χ3n) is 3.73. The summed E-state index contributed by atoms with van der Waals surface area (Å²) in [5.74, 6) is -1.67. The van der Waals surface area contributed by atoms with Gasteiger partial charge in [-0.25, -0.2) is 0 Å². The number of carbonyl (C=O) groups excluding carboxylic acids is 2. The van der Waals surface area contributed by atoms with Crippen molar-refractivity contribution in [2.75, 3.05) is 17.2 Å². The summed E-state index contributed by atoms with van der Waals surface area (Å²) in [5.41, 5.74) is 1.91. The Bertz CT molecular complexity index is 732. The topological polar surface area (TPSA) is 83.6 Å². The van der Waals surface area contributed by atoms with E-state index in [1.54, 1.807) is 18.2 Å². The quantitative estimate of drug-likeness (QED) is 0.828. The van der Waals surface area contributed by atoms with Crippen LogP contribution in [0.15, 0.2) is 18.2 Å². The van der Waals surface area contributed by atoms with Gasteiger partial charge in [-0.2, -0.15) is 8.42 Å². The van der Waals surface area contributed by atoms with Crippen molar-refractivity contribution in [1.29, 1.82) is 0 Å². The number of anilines is 1. The van der Waals surface area contributed by atoms with Crippen molar-refractivity contribution in [3.05, 3.63) is 29.3 Å². The van der Waals surface area contributed by atoms with Crippen molar-refractivity contribution in [1.82, 2.24) is 5.32 Å². The lowest BCUT2D eigenvalue weighted by Crippen LogP contribution is -2.25. The van der Waals surface area contributed by atoms with Crippen LogP contribution in [-0.2, 0) is 21.6 Å². The van der Waals surface area contributed by atoms with Crippen molar-refractivity contribution < 1.29 is 21.9 Å². The highest BCUT2D eigenvalue weighted by Crippen LogP contribution is 2.29. The summed E-state index contributed by atoms with van der Waals surface area (Å²) in [6, 6.07) is 5.08. The fraction of sp³-hybridized carbons (Fsp3) is 0.385. The molecule has 112 valence electrons. The number of benzene rings is 1. The van der Waals surface area contributed by atoms with Crippen molar-refractivity contribution in [3.8, 4) is 0 Å². The first kappa shape index (κ1) is 14.0. The monoisotopic (exact) mass is 312 g/mol. The SMILES string of the molecule is O=C1NCc2ccc(N3CC(CS(=O)(=O)F)CC3=O)cc21. The molecule has 1 aromatic carbocycles. The van der Waals surface area contributed by atoms with Crippen LogP contribution in [0, 0.1) is 5.92 Å². The average molecular weight is 312 g/mol. The van der Waals surface area contributed by atoms with E-state index in [0.717, 1.165) is 5.56 Å². The molecule has 0 spiro atoms. The van der Waals surface area contributed by atoms with E-state index in [1.165, 1.54) is 4.90 Å². The Morgan fingerprint density at radius 3 is 2.81 bits per heavy atom. The van der Waals surface area contributed by atoms with Gasteiger partial charge in [0.25, 0.3) is 5.91 Å². The van der Waals surface area contributed by atoms with Crippen LogP contribution in [0.1, 0.15) is 22.3 Å². The van der Waals surface area contributed by atoms with E-state index < -0.39 is 21.9 Å². The summed E-state index contributed by atoms with van der Waals surface area (Å²) in [4.78, 5) is 25.0. The molecule has 0 aliphatic carbocycles. The number of hydrogen-bond acceptors (Lipinski definition) is 4. The standard InChI is InChI=1S/C13H13FN2O4S/c14-21(19,20)7-8-3-12(17)16(6-8)10-2-1-9-5-15-13(18)11(9)4-10/h1-2,4,8H,3,5-7H2,(H,15,18). The van der Waals surface area contributed by atoms with Crippen molar-refractivity contribution >= 4 is 27.7 Å². The van der Waals surface area contributed by atoms with E-state index in [4.69, 9.17) is 0 Å². The third-order valence-corrected chi connectivity index (χ3v) is 4.60. The number of carbonyl (C=O) groups is 2. The zero-order chi connectivity index (χ0) is 15.2. The Labute approximate surface area is 121 Å². The summed E-state index contributed by atoms with van der Waals surface area (Å²) < 4.78 is 34.1. The molecule has 0 radical (unpaired) electrons. The highest BCUT2D eigenvalue weighted by Gasteiger charge is 2.34. The van der Waals surface area contributed by atoms with Crippen LogP contribution >= 0.6 is 0 Å². The van der Waals surface area contributed by atoms with Gasteiger partial charge in [0.15, 0.2) is 0 Å². The lowest BCUT2D eigenvalue weighted by atomic mass is 10.1. The second kappa shape index (κ2) is 4.80. The molecule has 0 saturated carbocycles. The Hall–Kier alpha value is -1.96. The minimum Gasteiger partial charge on any atom is -0.348 e. The molecule has 0 bridgehead atoms. The molecule has 2 aliphatic heterocycles. The normalized spacial score (nSPS) is 21.6. The molecule has 1 fully saturated rings. The van der Waals surface area contributed by atoms with Crippen molar-refractivity contribution in [2.24, 2.45) is 5.92 Å². The first-order valence-corrected chi connectivity index (χ1v) is 8.02. The van der Waals surface area contributed by atoms with Crippen LogP contribution in [0.5, 0.6) is 0 Å². The Morgan fingerprint density at radius 2 is 2.10 bits per heavy atom. The number of nitrogens with one attached hydrogen (secondary N) is 1. The van der Waals surface area contributed by atoms with Gasteiger partial charge >= 0.3 is 10.2 Å². The smallest absolute Gasteiger partial charge is 0.302 e. The zero-order valence-corrected chi connectivity index (χ0v) is 11.8. The van der Waals surface area contributed by atoms with Gasteiger partial charge in [-0.3, -0.25) is 9.59 Å². The fourth-order valence-corrected chi connectivity index (χ4v) is 3.58. The highest BCUT2D eigenvalue weighted by atomic mass is 32.3. The molecule has 3 rings (SSSR count). The maximum atomic E-state index is 12.7. The average Bonchev–Trinajstić information content (AvgIpc) is 2.91. The van der Waals surface area contributed by atoms with Gasteiger partial charge in [0.05, 0.1) is 5.75 Å². The molecule has 2 heterocycles. The van der Waals surface area contributed by atoms with Gasteiger partial charge in [-0.1, -0.05) is 6.07 Å². The zero-order valence-electron chi connectivity index (χ0n) is 11.0. The maximum Gasteiger partial charge on any atom is 0.302 e. The van der Waals surface area contributed by atoms with E-state index in [-0.39, 0.29) is 24.8 Å². The summed E-state index contributed by atoms with van der Waals surface area (Å²) in [7, 11) is -4.60. The number of rotatable bonds is 3. The Kier molecular flexibility index (Phi) is 3.20. The van der Waals surface area contributed by atoms with E-state index in [0.29, 0.717) is 17.8 Å². The predicted octanol–water partition coefficient (Wildman–Crippen LogP) is 0.582. The van der Waals surface area contributed by atoms with Crippen molar-refractivity contribution in [2.45, 2.75) is 13.0 Å². The minimum absolute atomic E-state index is 0.00751. The number of nitrogens with zero attached hydrogens (tertiary/aromatic N) is 1. The molecule has 1 atom stereocenters. The summed E-state index contributed by atoms with van der Waals surface area (Å²) in [5, 5.41) is 2.68. The van der Waals surface area contributed by atoms with Crippen molar-refractivity contribution in [3.63, 3.8) is 0 Å². The second-order valence-electron chi connectivity index (χ2n) is 5.30. The van der Waals surface area contributed by atoms with Crippen LogP contribution < -0.4 is 10.2 Å². The molecular formula is C13H13FN2O4S. The van der Waals surface area contributed by atoms with Gasteiger partial charge in [-0.05, 0) is 17.7 Å². The van der Waals surface area contributed by atoms with E-state index in [2.05, 4.69) is 5.32 Å². The summed E-state index contributed by atoms with van der Waals surface area (Å²) >= 11 is 0. The number of amides is 2. The lowest BCUT2D eigenvalue weighted by molar-refractivity contribution is -0.117. The first-order valence-electron chi connectivity index (χ1n) is 6.47. The molecule has 1 aromatic rings. The fourth-order valence-electron chi connectivity index (χ4n) is 2.79. The minimum atomic E-state index is -4.60. The molecule has 0 aromatic heterocycles. The number of halogens is 1. The molecular weight excluding hydrogens is 299 g/mol. The van der Waals surface area contributed by atoms with Crippen LogP contribution in [0.2, 0.25) is 0 Å². The number of hydrogen-bond donors (Lipinski definition) is 1. The Balaban J connectivity index is 1.83. The Morgan fingerprint density at radius 1 is 1.33 bits per heavy atom. The van der Waals surface area contributed by atoms with Crippen LogP contribution in [0.4, 0.5) is 9.57 Å². The van der Waals surface area contributed by atoms with E-state index in [1.807, 2.05) is 0 Å². The van der Waals surface area contributed by atoms with Gasteiger partial charge in [0.2, 0.25) is 5.91 Å². The first-order chi connectivity index (χ1) is 9.83. The van der Waals surface area contributed by atoms with Gasteiger partial charge in [0.1, 0.15) is 0 Å². The maximum absolute atomic E-state index is 12.7. The van der Waals surface area contributed by atoms with E-state index in [9.17, 15) is 21.9 Å². The molecule has 2 aliphatic rings. The summed E-state index contributed by atoms with van der Waals surface area (Å²) in [6.07, 6.45) is -0.00751. The van der Waals surface area contributed by atoms with Gasteiger partial charge in [0, 0.05) is 36.7 Å². The molecule has 8 heteroatoms. The summed E-state index contributed by atoms with van der Waals surface area (Å²) in [6.45, 7) is 0.605. The third kappa shape index (κ3) is 2.76. The van der Waals surface area contributed by atoms with Gasteiger partial charge in [-0.15, -0.1) is 3.89 Å². The van der Waals surface area contributed by atoms with Crippen LogP contribution in [0.25, 0.3) is 0 Å². The van der Waals surface area contributed by atoms with Crippen LogP contribution in [0.3, 0.4) is 0 Å². The molecule has 6 nitrogen and oxygen atoms in total. The molecule has 1 N–H and O–H groups in total. The molecule has 1 saturated heterocycles. The second-order valence-corrected chi connectivity index (χ2v) is 6.72. The highest BCUT2D eigenvalue weighted by molar-refractivity contribution is 7.86. The largest absolute Gasteiger partial charge is 0.348 e. The molecule has 21 heavy (non-hydrogen) atoms. The molecule has 1 unspecified atom stereocenters.